The van der Waals surface area contributed by atoms with Gasteiger partial charge >= 0.3 is 6.03 Å². The average molecular weight is 240 g/mol. The van der Waals surface area contributed by atoms with Gasteiger partial charge in [-0.05, 0) is 13.3 Å². The van der Waals surface area contributed by atoms with Crippen LogP contribution in [0.2, 0.25) is 0 Å². The first-order valence-electron chi connectivity index (χ1n) is 5.82. The standard InChI is InChI=1S/C11H20N4O2/c1-4-9-8-10(14(3)13-9)12-11(17)15(5-2)6-7-16/h8,16H,4-7H2,1-3H3,(H,12,17). The maximum Gasteiger partial charge on any atom is 0.323 e. The number of nitrogens with zero attached hydrogens (tertiary/aromatic N) is 3. The summed E-state index contributed by atoms with van der Waals surface area (Å²) in [5.41, 5.74) is 0.938. The Bertz CT molecular complexity index is 376. The Hall–Kier alpha value is -1.56. The summed E-state index contributed by atoms with van der Waals surface area (Å²) in [6, 6.07) is 1.64. The van der Waals surface area contributed by atoms with Gasteiger partial charge in [-0.1, -0.05) is 6.92 Å². The number of hydrogen-bond acceptors (Lipinski definition) is 3. The summed E-state index contributed by atoms with van der Waals surface area (Å²) < 4.78 is 1.64. The van der Waals surface area contributed by atoms with Crippen molar-refractivity contribution in [1.29, 1.82) is 0 Å². The van der Waals surface area contributed by atoms with Crippen LogP contribution in [0.1, 0.15) is 19.5 Å². The van der Waals surface area contributed by atoms with Gasteiger partial charge in [-0.15, -0.1) is 0 Å². The minimum Gasteiger partial charge on any atom is -0.395 e. The molecule has 0 unspecified atom stereocenters. The largest absolute Gasteiger partial charge is 0.395 e. The lowest BCUT2D eigenvalue weighted by Gasteiger charge is -2.19. The van der Waals surface area contributed by atoms with Crippen molar-refractivity contribution in [3.05, 3.63) is 11.8 Å². The molecule has 96 valence electrons. The van der Waals surface area contributed by atoms with Gasteiger partial charge in [0.25, 0.3) is 0 Å². The molecule has 2 amide bonds. The van der Waals surface area contributed by atoms with Crippen LogP contribution in [0.15, 0.2) is 6.07 Å². The Morgan fingerprint density at radius 3 is 2.76 bits per heavy atom. The van der Waals surface area contributed by atoms with Gasteiger partial charge in [0.2, 0.25) is 0 Å². The Morgan fingerprint density at radius 1 is 1.59 bits per heavy atom. The Labute approximate surface area is 101 Å². The lowest BCUT2D eigenvalue weighted by atomic mass is 10.3. The predicted molar refractivity (Wildman–Crippen MR) is 65.9 cm³/mol. The fourth-order valence-corrected chi connectivity index (χ4v) is 1.53. The summed E-state index contributed by atoms with van der Waals surface area (Å²) in [6.07, 6.45) is 0.831. The second kappa shape index (κ2) is 6.24. The number of anilines is 1. The van der Waals surface area contributed by atoms with E-state index in [-0.39, 0.29) is 12.6 Å². The number of amides is 2. The van der Waals surface area contributed by atoms with Gasteiger partial charge in [-0.2, -0.15) is 5.10 Å². The minimum absolute atomic E-state index is 0.0349. The molecule has 0 fully saturated rings. The molecular weight excluding hydrogens is 220 g/mol. The van der Waals surface area contributed by atoms with Crippen LogP contribution in [0.3, 0.4) is 0 Å². The third kappa shape index (κ3) is 3.45. The monoisotopic (exact) mass is 240 g/mol. The van der Waals surface area contributed by atoms with Gasteiger partial charge in [0.1, 0.15) is 5.82 Å². The van der Waals surface area contributed by atoms with Gasteiger partial charge in [0, 0.05) is 26.2 Å². The number of nitrogens with one attached hydrogen (secondary N) is 1. The van der Waals surface area contributed by atoms with Gasteiger partial charge in [0.15, 0.2) is 0 Å². The van der Waals surface area contributed by atoms with E-state index in [0.717, 1.165) is 12.1 Å². The molecule has 0 saturated heterocycles. The van der Waals surface area contributed by atoms with Crippen LogP contribution >= 0.6 is 0 Å². The lowest BCUT2D eigenvalue weighted by Crippen LogP contribution is -2.37. The molecule has 0 aliphatic carbocycles. The molecule has 0 atom stereocenters. The van der Waals surface area contributed by atoms with Crippen molar-refractivity contribution in [3.8, 4) is 0 Å². The molecule has 0 bridgehead atoms. The highest BCUT2D eigenvalue weighted by atomic mass is 16.3. The molecule has 0 aromatic carbocycles. The topological polar surface area (TPSA) is 70.4 Å². The van der Waals surface area contributed by atoms with E-state index in [1.807, 2.05) is 19.9 Å². The van der Waals surface area contributed by atoms with Crippen molar-refractivity contribution in [2.45, 2.75) is 20.3 Å². The molecule has 1 heterocycles. The molecule has 0 saturated carbocycles. The molecule has 0 aliphatic rings. The van der Waals surface area contributed by atoms with Crippen molar-refractivity contribution >= 4 is 11.8 Å². The van der Waals surface area contributed by atoms with Crippen molar-refractivity contribution in [2.75, 3.05) is 25.0 Å². The van der Waals surface area contributed by atoms with Crippen molar-refractivity contribution in [3.63, 3.8) is 0 Å². The zero-order valence-electron chi connectivity index (χ0n) is 10.6. The first-order chi connectivity index (χ1) is 8.12. The fourth-order valence-electron chi connectivity index (χ4n) is 1.53. The number of carbonyl (C=O) groups is 1. The molecule has 1 aromatic rings. The number of likely N-dealkylation sites (N-methyl/N-ethyl adjacent to an activating group) is 1. The number of carbonyl (C=O) groups excluding carboxylic acids is 1. The number of aliphatic hydroxyl groups excluding tert-OH is 1. The van der Waals surface area contributed by atoms with E-state index in [1.165, 1.54) is 0 Å². The van der Waals surface area contributed by atoms with Crippen LogP contribution in [0.4, 0.5) is 10.6 Å². The summed E-state index contributed by atoms with van der Waals surface area (Å²) in [6.45, 7) is 4.74. The van der Waals surface area contributed by atoms with Gasteiger partial charge in [-0.3, -0.25) is 10.00 Å². The highest BCUT2D eigenvalue weighted by Crippen LogP contribution is 2.10. The highest BCUT2D eigenvalue weighted by molar-refractivity contribution is 5.88. The second-order valence-corrected chi connectivity index (χ2v) is 3.73. The molecule has 0 aliphatic heterocycles. The molecular formula is C11H20N4O2. The van der Waals surface area contributed by atoms with Crippen LogP contribution in [-0.2, 0) is 13.5 Å². The first kappa shape index (κ1) is 13.5. The zero-order chi connectivity index (χ0) is 12.8. The maximum atomic E-state index is 11.8. The third-order valence-corrected chi connectivity index (χ3v) is 2.57. The van der Waals surface area contributed by atoms with Crippen LogP contribution in [0.25, 0.3) is 0 Å². The number of aromatic nitrogens is 2. The number of rotatable bonds is 5. The van der Waals surface area contributed by atoms with E-state index in [0.29, 0.717) is 18.9 Å². The minimum atomic E-state index is -0.216. The lowest BCUT2D eigenvalue weighted by molar-refractivity contribution is 0.191. The summed E-state index contributed by atoms with van der Waals surface area (Å²) in [5, 5.41) is 15.9. The number of aryl methyl sites for hydroxylation is 2. The molecule has 0 spiro atoms. The zero-order valence-corrected chi connectivity index (χ0v) is 10.6. The Balaban J connectivity index is 2.69. The molecule has 1 aromatic heterocycles. The number of aliphatic hydroxyl groups is 1. The molecule has 0 radical (unpaired) electrons. The molecule has 17 heavy (non-hydrogen) atoms. The molecule has 6 nitrogen and oxygen atoms in total. The van der Waals surface area contributed by atoms with Crippen LogP contribution in [0, 0.1) is 0 Å². The normalized spacial score (nSPS) is 10.4. The van der Waals surface area contributed by atoms with E-state index < -0.39 is 0 Å². The second-order valence-electron chi connectivity index (χ2n) is 3.73. The summed E-state index contributed by atoms with van der Waals surface area (Å²) in [5.74, 6) is 0.670. The van der Waals surface area contributed by atoms with Gasteiger partial charge in [-0.25, -0.2) is 4.79 Å². The SMILES string of the molecule is CCc1cc(NC(=O)N(CC)CCO)n(C)n1. The Kier molecular flexibility index (Phi) is 4.96. The summed E-state index contributed by atoms with van der Waals surface area (Å²) in [4.78, 5) is 13.4. The van der Waals surface area contributed by atoms with E-state index in [4.69, 9.17) is 5.11 Å². The predicted octanol–water partition coefficient (Wildman–Crippen LogP) is 0.829. The molecule has 2 N–H and O–H groups in total. The van der Waals surface area contributed by atoms with E-state index in [1.54, 1.807) is 16.6 Å². The first-order valence-corrected chi connectivity index (χ1v) is 5.82. The van der Waals surface area contributed by atoms with E-state index in [2.05, 4.69) is 10.4 Å². The molecule has 1 rings (SSSR count). The number of urea groups is 1. The van der Waals surface area contributed by atoms with Crippen LogP contribution < -0.4 is 5.32 Å². The van der Waals surface area contributed by atoms with E-state index >= 15 is 0 Å². The van der Waals surface area contributed by atoms with Crippen molar-refractivity contribution in [1.82, 2.24) is 14.7 Å². The molecule has 6 heteroatoms. The number of hydrogen-bond donors (Lipinski definition) is 2. The maximum absolute atomic E-state index is 11.8. The fraction of sp³-hybridized carbons (Fsp3) is 0.636. The summed E-state index contributed by atoms with van der Waals surface area (Å²) in [7, 11) is 1.79. The quantitative estimate of drug-likeness (QED) is 0.800. The van der Waals surface area contributed by atoms with Crippen molar-refractivity contribution < 1.29 is 9.90 Å². The van der Waals surface area contributed by atoms with Gasteiger partial charge < -0.3 is 10.0 Å². The van der Waals surface area contributed by atoms with Crippen molar-refractivity contribution in [2.24, 2.45) is 7.05 Å². The Morgan fingerprint density at radius 2 is 2.29 bits per heavy atom. The average Bonchev–Trinajstić information content (AvgIpc) is 2.67. The van der Waals surface area contributed by atoms with E-state index in [9.17, 15) is 4.79 Å². The van der Waals surface area contributed by atoms with Gasteiger partial charge in [0.05, 0.1) is 12.3 Å². The van der Waals surface area contributed by atoms with Crippen LogP contribution in [0.5, 0.6) is 0 Å². The summed E-state index contributed by atoms with van der Waals surface area (Å²) >= 11 is 0. The third-order valence-electron chi connectivity index (χ3n) is 2.57. The highest BCUT2D eigenvalue weighted by Gasteiger charge is 2.13. The smallest absolute Gasteiger partial charge is 0.323 e. The van der Waals surface area contributed by atoms with Crippen LogP contribution in [-0.4, -0.2) is 45.5 Å².